The highest BCUT2D eigenvalue weighted by Crippen LogP contribution is 2.20. The van der Waals surface area contributed by atoms with Gasteiger partial charge in [-0.2, -0.15) is 0 Å². The van der Waals surface area contributed by atoms with Gasteiger partial charge in [-0.25, -0.2) is 9.97 Å². The third kappa shape index (κ3) is 2.88. The molecule has 0 aliphatic rings. The van der Waals surface area contributed by atoms with Crippen molar-refractivity contribution < 1.29 is 0 Å². The van der Waals surface area contributed by atoms with Gasteiger partial charge in [-0.05, 0) is 24.6 Å². The van der Waals surface area contributed by atoms with Crippen LogP contribution in [0.25, 0.3) is 11.1 Å². The standard InChI is InChI=1S/C14H17N3/c1-3-17-11(2)12-4-6-13(7-5-12)14-8-15-10-16-9-14/h4-11,17H,3H2,1-2H3. The molecule has 2 aromatic rings. The number of nitrogens with zero attached hydrogens (tertiary/aromatic N) is 2. The quantitative estimate of drug-likeness (QED) is 0.872. The zero-order chi connectivity index (χ0) is 12.1. The summed E-state index contributed by atoms with van der Waals surface area (Å²) < 4.78 is 0. The Morgan fingerprint density at radius 1 is 1.06 bits per heavy atom. The van der Waals surface area contributed by atoms with E-state index < -0.39 is 0 Å². The molecule has 0 radical (unpaired) electrons. The van der Waals surface area contributed by atoms with Crippen molar-refractivity contribution in [3.8, 4) is 11.1 Å². The van der Waals surface area contributed by atoms with Crippen LogP contribution in [0.5, 0.6) is 0 Å². The van der Waals surface area contributed by atoms with Gasteiger partial charge in [0.15, 0.2) is 0 Å². The molecule has 1 aromatic heterocycles. The second-order valence-electron chi connectivity index (χ2n) is 4.03. The normalized spacial score (nSPS) is 12.4. The average molecular weight is 227 g/mol. The highest BCUT2D eigenvalue weighted by molar-refractivity contribution is 5.61. The van der Waals surface area contributed by atoms with Crippen LogP contribution in [0.15, 0.2) is 43.0 Å². The van der Waals surface area contributed by atoms with Crippen LogP contribution in [-0.4, -0.2) is 16.5 Å². The molecule has 0 saturated heterocycles. The second-order valence-corrected chi connectivity index (χ2v) is 4.03. The van der Waals surface area contributed by atoms with Gasteiger partial charge in [0.05, 0.1) is 0 Å². The lowest BCUT2D eigenvalue weighted by Crippen LogP contribution is -2.17. The first-order chi connectivity index (χ1) is 8.31. The van der Waals surface area contributed by atoms with E-state index in [1.54, 1.807) is 6.33 Å². The molecule has 0 aliphatic carbocycles. The summed E-state index contributed by atoms with van der Waals surface area (Å²) in [7, 11) is 0. The Bertz CT molecular complexity index is 451. The lowest BCUT2D eigenvalue weighted by Gasteiger charge is -2.13. The Hall–Kier alpha value is -1.74. The smallest absolute Gasteiger partial charge is 0.115 e. The summed E-state index contributed by atoms with van der Waals surface area (Å²) >= 11 is 0. The zero-order valence-corrected chi connectivity index (χ0v) is 10.2. The maximum absolute atomic E-state index is 4.02. The van der Waals surface area contributed by atoms with E-state index >= 15 is 0 Å². The Morgan fingerprint density at radius 3 is 2.29 bits per heavy atom. The molecule has 88 valence electrons. The van der Waals surface area contributed by atoms with Crippen LogP contribution in [0.3, 0.4) is 0 Å². The van der Waals surface area contributed by atoms with E-state index in [4.69, 9.17) is 0 Å². The lowest BCUT2D eigenvalue weighted by molar-refractivity contribution is 0.598. The molecular formula is C14H17N3. The first-order valence-electron chi connectivity index (χ1n) is 5.90. The van der Waals surface area contributed by atoms with Crippen LogP contribution < -0.4 is 5.32 Å². The summed E-state index contributed by atoms with van der Waals surface area (Å²) in [6.07, 6.45) is 5.20. The summed E-state index contributed by atoms with van der Waals surface area (Å²) in [5, 5.41) is 3.40. The van der Waals surface area contributed by atoms with Crippen molar-refractivity contribution in [1.29, 1.82) is 0 Å². The van der Waals surface area contributed by atoms with Crippen molar-refractivity contribution in [3.63, 3.8) is 0 Å². The predicted octanol–water partition coefficient (Wildman–Crippen LogP) is 2.81. The number of nitrogens with one attached hydrogen (secondary N) is 1. The Balaban J connectivity index is 2.19. The number of hydrogen-bond acceptors (Lipinski definition) is 3. The number of aromatic nitrogens is 2. The van der Waals surface area contributed by atoms with Crippen LogP contribution in [0.2, 0.25) is 0 Å². The Morgan fingerprint density at radius 2 is 1.71 bits per heavy atom. The molecule has 0 spiro atoms. The minimum absolute atomic E-state index is 0.390. The van der Waals surface area contributed by atoms with Gasteiger partial charge in [-0.1, -0.05) is 31.2 Å². The van der Waals surface area contributed by atoms with E-state index in [2.05, 4.69) is 53.4 Å². The van der Waals surface area contributed by atoms with Gasteiger partial charge in [-0.15, -0.1) is 0 Å². The Kier molecular flexibility index (Phi) is 3.83. The van der Waals surface area contributed by atoms with E-state index in [0.717, 1.165) is 17.7 Å². The summed E-state index contributed by atoms with van der Waals surface area (Å²) in [5.41, 5.74) is 3.50. The predicted molar refractivity (Wildman–Crippen MR) is 69.6 cm³/mol. The summed E-state index contributed by atoms with van der Waals surface area (Å²) in [6, 6.07) is 8.91. The largest absolute Gasteiger partial charge is 0.310 e. The third-order valence-corrected chi connectivity index (χ3v) is 2.81. The molecule has 0 fully saturated rings. The van der Waals surface area contributed by atoms with Crippen molar-refractivity contribution in [3.05, 3.63) is 48.5 Å². The fourth-order valence-corrected chi connectivity index (χ4v) is 1.84. The Labute approximate surface area is 102 Å². The molecule has 3 nitrogen and oxygen atoms in total. The minimum Gasteiger partial charge on any atom is -0.310 e. The van der Waals surface area contributed by atoms with Crippen molar-refractivity contribution >= 4 is 0 Å². The fraction of sp³-hybridized carbons (Fsp3) is 0.286. The molecular weight excluding hydrogens is 210 g/mol. The number of hydrogen-bond donors (Lipinski definition) is 1. The van der Waals surface area contributed by atoms with Crippen molar-refractivity contribution in [1.82, 2.24) is 15.3 Å². The molecule has 1 heterocycles. The van der Waals surface area contributed by atoms with E-state index in [0.29, 0.717) is 6.04 Å². The molecule has 0 saturated carbocycles. The van der Waals surface area contributed by atoms with Crippen molar-refractivity contribution in [2.24, 2.45) is 0 Å². The number of benzene rings is 1. The first-order valence-corrected chi connectivity index (χ1v) is 5.90. The molecule has 2 rings (SSSR count). The van der Waals surface area contributed by atoms with E-state index in [1.165, 1.54) is 5.56 Å². The van der Waals surface area contributed by atoms with Gasteiger partial charge in [0.1, 0.15) is 6.33 Å². The lowest BCUT2D eigenvalue weighted by atomic mass is 10.0. The SMILES string of the molecule is CCNC(C)c1ccc(-c2cncnc2)cc1. The molecule has 1 aromatic carbocycles. The van der Waals surface area contributed by atoms with Crippen LogP contribution in [-0.2, 0) is 0 Å². The topological polar surface area (TPSA) is 37.8 Å². The molecule has 0 amide bonds. The van der Waals surface area contributed by atoms with Crippen molar-refractivity contribution in [2.75, 3.05) is 6.54 Å². The van der Waals surface area contributed by atoms with Crippen LogP contribution in [0.1, 0.15) is 25.5 Å². The molecule has 0 aliphatic heterocycles. The summed E-state index contributed by atoms with van der Waals surface area (Å²) in [5.74, 6) is 0. The monoisotopic (exact) mass is 227 g/mol. The minimum atomic E-state index is 0.390. The highest BCUT2D eigenvalue weighted by Gasteiger charge is 2.03. The van der Waals surface area contributed by atoms with Gasteiger partial charge in [-0.3, -0.25) is 0 Å². The van der Waals surface area contributed by atoms with E-state index in [1.807, 2.05) is 12.4 Å². The molecule has 17 heavy (non-hydrogen) atoms. The van der Waals surface area contributed by atoms with Gasteiger partial charge in [0.25, 0.3) is 0 Å². The average Bonchev–Trinajstić information content (AvgIpc) is 2.40. The molecule has 3 heteroatoms. The second kappa shape index (κ2) is 5.55. The first kappa shape index (κ1) is 11.7. The third-order valence-electron chi connectivity index (χ3n) is 2.81. The fourth-order valence-electron chi connectivity index (χ4n) is 1.84. The van der Waals surface area contributed by atoms with Crippen molar-refractivity contribution in [2.45, 2.75) is 19.9 Å². The van der Waals surface area contributed by atoms with Crippen LogP contribution in [0.4, 0.5) is 0 Å². The molecule has 0 bridgehead atoms. The van der Waals surface area contributed by atoms with Crippen LogP contribution in [0, 0.1) is 0 Å². The van der Waals surface area contributed by atoms with Gasteiger partial charge >= 0.3 is 0 Å². The maximum atomic E-state index is 4.02. The molecule has 1 N–H and O–H groups in total. The van der Waals surface area contributed by atoms with Gasteiger partial charge < -0.3 is 5.32 Å². The van der Waals surface area contributed by atoms with Gasteiger partial charge in [0.2, 0.25) is 0 Å². The van der Waals surface area contributed by atoms with E-state index in [-0.39, 0.29) is 0 Å². The maximum Gasteiger partial charge on any atom is 0.115 e. The van der Waals surface area contributed by atoms with E-state index in [9.17, 15) is 0 Å². The summed E-state index contributed by atoms with van der Waals surface area (Å²) in [6.45, 7) is 5.27. The van der Waals surface area contributed by atoms with Gasteiger partial charge in [0, 0.05) is 24.0 Å². The highest BCUT2D eigenvalue weighted by atomic mass is 14.9. The molecule has 1 atom stereocenters. The zero-order valence-electron chi connectivity index (χ0n) is 10.2. The van der Waals surface area contributed by atoms with Crippen LogP contribution >= 0.6 is 0 Å². The summed E-state index contributed by atoms with van der Waals surface area (Å²) in [4.78, 5) is 8.05. The molecule has 1 unspecified atom stereocenters. The number of rotatable bonds is 4.